The van der Waals surface area contributed by atoms with Crippen LogP contribution >= 0.6 is 0 Å². The molecule has 1 aliphatic heterocycles. The first-order chi connectivity index (χ1) is 16.6. The zero-order valence-corrected chi connectivity index (χ0v) is 20.6. The van der Waals surface area contributed by atoms with E-state index >= 15 is 0 Å². The predicted molar refractivity (Wildman–Crippen MR) is 133 cm³/mol. The fraction of sp³-hybridized carbons (Fsp3) is 0.462. The zero-order chi connectivity index (χ0) is 25.3. The van der Waals surface area contributed by atoms with Crippen molar-refractivity contribution in [1.29, 1.82) is 0 Å². The molecule has 1 saturated carbocycles. The Morgan fingerprint density at radius 3 is 2.49 bits per heavy atom. The highest BCUT2D eigenvalue weighted by Gasteiger charge is 2.30. The molecule has 2 aromatic rings. The number of likely N-dealkylation sites (tertiary alicyclic amines) is 1. The van der Waals surface area contributed by atoms with Gasteiger partial charge in [-0.2, -0.15) is 0 Å². The van der Waals surface area contributed by atoms with Gasteiger partial charge in [0.1, 0.15) is 5.82 Å². The molecule has 2 fully saturated rings. The highest BCUT2D eigenvalue weighted by Crippen LogP contribution is 2.29. The van der Waals surface area contributed by atoms with Crippen LogP contribution in [0.2, 0.25) is 0 Å². The smallest absolute Gasteiger partial charge is 0.255 e. The molecule has 0 bridgehead atoms. The van der Waals surface area contributed by atoms with E-state index in [1.807, 2.05) is 19.1 Å². The van der Waals surface area contributed by atoms with E-state index in [9.17, 15) is 19.5 Å². The van der Waals surface area contributed by atoms with E-state index in [-0.39, 0.29) is 42.8 Å². The molecular weight excluding hydrogens is 446 g/mol. The molecule has 4 rings (SSSR count). The molecule has 1 saturated heterocycles. The Kier molecular flexibility index (Phi) is 6.80. The number of nitrogens with one attached hydrogen (secondary N) is 3. The molecule has 2 aliphatic rings. The van der Waals surface area contributed by atoms with Crippen LogP contribution in [-0.4, -0.2) is 70.5 Å². The average Bonchev–Trinajstić information content (AvgIpc) is 3.57. The lowest BCUT2D eigenvalue weighted by molar-refractivity contribution is -0.126. The Morgan fingerprint density at radius 1 is 1.14 bits per heavy atom. The minimum Gasteiger partial charge on any atom is -0.394 e. The number of aliphatic hydroxyl groups is 1. The summed E-state index contributed by atoms with van der Waals surface area (Å²) in [5, 5.41) is 18.8. The first-order valence-electron chi connectivity index (χ1n) is 11.9. The van der Waals surface area contributed by atoms with Crippen molar-refractivity contribution in [2.45, 2.75) is 57.7 Å². The molecule has 3 amide bonds. The van der Waals surface area contributed by atoms with E-state index in [0.717, 1.165) is 24.0 Å². The minimum absolute atomic E-state index is 0.0150. The lowest BCUT2D eigenvalue weighted by Crippen LogP contribution is -2.39. The van der Waals surface area contributed by atoms with Gasteiger partial charge in [0.25, 0.3) is 11.8 Å². The largest absolute Gasteiger partial charge is 0.394 e. The SMILES string of the molecule is Cc1ccc(C(=O)NC2CC2)cc1-c1cnc(NC(C)(C)CO)c(C(=O)NC2CC(=O)N(C)C2)c1. The van der Waals surface area contributed by atoms with Gasteiger partial charge in [-0.05, 0) is 62.9 Å². The van der Waals surface area contributed by atoms with Crippen molar-refractivity contribution >= 4 is 23.5 Å². The second kappa shape index (κ2) is 9.65. The summed E-state index contributed by atoms with van der Waals surface area (Å²) < 4.78 is 0. The highest BCUT2D eigenvalue weighted by atomic mass is 16.3. The first-order valence-corrected chi connectivity index (χ1v) is 11.9. The number of benzene rings is 1. The van der Waals surface area contributed by atoms with Crippen LogP contribution in [0.1, 0.15) is 59.4 Å². The molecule has 0 radical (unpaired) electrons. The van der Waals surface area contributed by atoms with Gasteiger partial charge in [-0.1, -0.05) is 6.07 Å². The topological polar surface area (TPSA) is 124 Å². The van der Waals surface area contributed by atoms with Gasteiger partial charge in [0.05, 0.1) is 23.8 Å². The van der Waals surface area contributed by atoms with Crippen molar-refractivity contribution in [3.8, 4) is 11.1 Å². The Labute approximate surface area is 205 Å². The maximum Gasteiger partial charge on any atom is 0.255 e. The second-order valence-corrected chi connectivity index (χ2v) is 10.2. The van der Waals surface area contributed by atoms with Gasteiger partial charge in [-0.3, -0.25) is 14.4 Å². The van der Waals surface area contributed by atoms with Crippen LogP contribution in [-0.2, 0) is 4.79 Å². The lowest BCUT2D eigenvalue weighted by Gasteiger charge is -2.26. The fourth-order valence-electron chi connectivity index (χ4n) is 4.04. The molecule has 186 valence electrons. The number of amides is 3. The molecule has 4 N–H and O–H groups in total. The number of aryl methyl sites for hydroxylation is 1. The standard InChI is InChI=1S/C26H33N5O4/c1-15-5-6-16(24(34)28-18-7-8-18)9-20(15)17-10-21(23(27-12-17)30-26(2,3)14-32)25(35)29-19-11-22(33)31(4)13-19/h5-6,9-10,12,18-19,32H,7-8,11,13-14H2,1-4H3,(H,27,30)(H,28,34)(H,29,35). The Bertz CT molecular complexity index is 1160. The summed E-state index contributed by atoms with van der Waals surface area (Å²) in [6.07, 6.45) is 3.92. The summed E-state index contributed by atoms with van der Waals surface area (Å²) in [6, 6.07) is 7.21. The van der Waals surface area contributed by atoms with Gasteiger partial charge in [0, 0.05) is 43.4 Å². The lowest BCUT2D eigenvalue weighted by atomic mass is 9.97. The summed E-state index contributed by atoms with van der Waals surface area (Å²) in [7, 11) is 1.71. The van der Waals surface area contributed by atoms with Gasteiger partial charge in [0.2, 0.25) is 5.91 Å². The van der Waals surface area contributed by atoms with Crippen molar-refractivity contribution < 1.29 is 19.5 Å². The van der Waals surface area contributed by atoms with Crippen molar-refractivity contribution in [1.82, 2.24) is 20.5 Å². The maximum absolute atomic E-state index is 13.3. The summed E-state index contributed by atoms with van der Waals surface area (Å²) in [5.74, 6) is -0.149. The summed E-state index contributed by atoms with van der Waals surface area (Å²) in [6.45, 7) is 5.84. The Balaban J connectivity index is 1.67. The van der Waals surface area contributed by atoms with Crippen LogP contribution in [0.15, 0.2) is 30.5 Å². The third kappa shape index (κ3) is 5.79. The number of hydrogen-bond donors (Lipinski definition) is 4. The monoisotopic (exact) mass is 479 g/mol. The molecule has 1 aliphatic carbocycles. The van der Waals surface area contributed by atoms with E-state index < -0.39 is 5.54 Å². The van der Waals surface area contributed by atoms with Gasteiger partial charge in [-0.15, -0.1) is 0 Å². The predicted octanol–water partition coefficient (Wildman–Crippen LogP) is 2.09. The zero-order valence-electron chi connectivity index (χ0n) is 20.6. The number of likely N-dealkylation sites (N-methyl/N-ethyl adjacent to an activating group) is 1. The average molecular weight is 480 g/mol. The molecule has 0 spiro atoms. The number of hydrogen-bond acceptors (Lipinski definition) is 6. The Hall–Kier alpha value is -3.46. The van der Waals surface area contributed by atoms with E-state index in [4.69, 9.17) is 0 Å². The third-order valence-electron chi connectivity index (χ3n) is 6.38. The highest BCUT2D eigenvalue weighted by molar-refractivity contribution is 6.01. The summed E-state index contributed by atoms with van der Waals surface area (Å²) in [5.41, 5.74) is 2.60. The molecule has 9 nitrogen and oxygen atoms in total. The number of anilines is 1. The number of nitrogens with zero attached hydrogens (tertiary/aromatic N) is 2. The van der Waals surface area contributed by atoms with Crippen LogP contribution < -0.4 is 16.0 Å². The van der Waals surface area contributed by atoms with Crippen LogP contribution in [0.3, 0.4) is 0 Å². The van der Waals surface area contributed by atoms with Gasteiger partial charge in [-0.25, -0.2) is 4.98 Å². The number of aliphatic hydroxyl groups excluding tert-OH is 1. The molecule has 1 aromatic heterocycles. The van der Waals surface area contributed by atoms with Crippen molar-refractivity contribution in [3.05, 3.63) is 47.2 Å². The normalized spacial score (nSPS) is 17.9. The molecule has 1 aromatic carbocycles. The third-order valence-corrected chi connectivity index (χ3v) is 6.38. The van der Waals surface area contributed by atoms with Gasteiger partial charge >= 0.3 is 0 Å². The molecule has 35 heavy (non-hydrogen) atoms. The van der Waals surface area contributed by atoms with E-state index in [0.29, 0.717) is 29.1 Å². The van der Waals surface area contributed by atoms with Gasteiger partial charge in [0.15, 0.2) is 0 Å². The maximum atomic E-state index is 13.3. The number of carbonyl (C=O) groups is 3. The fourth-order valence-corrected chi connectivity index (χ4v) is 4.04. The minimum atomic E-state index is -0.705. The van der Waals surface area contributed by atoms with Crippen LogP contribution in [0.5, 0.6) is 0 Å². The van der Waals surface area contributed by atoms with Crippen LogP contribution in [0.4, 0.5) is 5.82 Å². The van der Waals surface area contributed by atoms with Crippen LogP contribution in [0, 0.1) is 6.92 Å². The molecule has 9 heteroatoms. The van der Waals surface area contributed by atoms with Crippen molar-refractivity contribution in [2.24, 2.45) is 0 Å². The number of rotatable bonds is 8. The first kappa shape index (κ1) is 24.7. The molecule has 1 unspecified atom stereocenters. The summed E-state index contributed by atoms with van der Waals surface area (Å²) in [4.78, 5) is 44.0. The van der Waals surface area contributed by atoms with Crippen molar-refractivity contribution in [3.63, 3.8) is 0 Å². The molecule has 2 heterocycles. The Morgan fingerprint density at radius 2 is 1.86 bits per heavy atom. The van der Waals surface area contributed by atoms with Crippen molar-refractivity contribution in [2.75, 3.05) is 25.5 Å². The van der Waals surface area contributed by atoms with Crippen LogP contribution in [0.25, 0.3) is 11.1 Å². The molecular formula is C26H33N5O4. The number of carbonyl (C=O) groups excluding carboxylic acids is 3. The molecule has 1 atom stereocenters. The van der Waals surface area contributed by atoms with E-state index in [1.165, 1.54) is 0 Å². The van der Waals surface area contributed by atoms with E-state index in [1.54, 1.807) is 44.1 Å². The van der Waals surface area contributed by atoms with Gasteiger partial charge < -0.3 is 26.0 Å². The number of aromatic nitrogens is 1. The van der Waals surface area contributed by atoms with E-state index in [2.05, 4.69) is 20.9 Å². The summed E-state index contributed by atoms with van der Waals surface area (Å²) >= 11 is 0. The second-order valence-electron chi connectivity index (χ2n) is 10.2. The number of pyridine rings is 1. The quantitative estimate of drug-likeness (QED) is 0.460.